The van der Waals surface area contributed by atoms with Crippen molar-refractivity contribution in [3.8, 4) is 0 Å². The van der Waals surface area contributed by atoms with Gasteiger partial charge in [0.1, 0.15) is 6.17 Å². The first-order valence-corrected chi connectivity index (χ1v) is 8.56. The van der Waals surface area contributed by atoms with Gasteiger partial charge in [0.05, 0.1) is 6.04 Å². The van der Waals surface area contributed by atoms with Crippen molar-refractivity contribution in [2.24, 2.45) is 5.92 Å². The fourth-order valence-corrected chi connectivity index (χ4v) is 3.43. The third-order valence-corrected chi connectivity index (χ3v) is 5.23. The van der Waals surface area contributed by atoms with E-state index in [0.717, 1.165) is 0 Å². The summed E-state index contributed by atoms with van der Waals surface area (Å²) in [5, 5.41) is 3.44. The zero-order valence-electron chi connectivity index (χ0n) is 12.3. The Kier molecular flexibility index (Phi) is 3.78. The summed E-state index contributed by atoms with van der Waals surface area (Å²) in [4.78, 5) is 15.8. The Morgan fingerprint density at radius 2 is 1.95 bits per heavy atom. The number of hydrogen-bond donors (Lipinski definition) is 1. The van der Waals surface area contributed by atoms with Gasteiger partial charge in [0.2, 0.25) is 5.91 Å². The van der Waals surface area contributed by atoms with Crippen molar-refractivity contribution in [1.82, 2.24) is 10.2 Å². The maximum Gasteiger partial charge on any atom is 0.241 e. The number of benzene rings is 1. The number of nitrogens with one attached hydrogen (secondary N) is 1. The highest BCUT2D eigenvalue weighted by atomic mass is 32.2. The molecule has 1 aliphatic heterocycles. The van der Waals surface area contributed by atoms with Crippen molar-refractivity contribution in [1.29, 1.82) is 0 Å². The molecule has 20 heavy (non-hydrogen) atoms. The second-order valence-electron chi connectivity index (χ2n) is 5.89. The lowest BCUT2D eigenvalue weighted by Gasteiger charge is -2.31. The van der Waals surface area contributed by atoms with Crippen LogP contribution in [0.3, 0.4) is 0 Å². The number of thioether (sulfide) groups is 1. The lowest BCUT2D eigenvalue weighted by Crippen LogP contribution is -2.39. The summed E-state index contributed by atoms with van der Waals surface area (Å²) >= 11 is 1.74. The molecule has 0 radical (unpaired) electrons. The molecule has 4 heteroatoms. The summed E-state index contributed by atoms with van der Waals surface area (Å²) in [6.45, 7) is 4.16. The van der Waals surface area contributed by atoms with Gasteiger partial charge in [-0.3, -0.25) is 10.1 Å². The molecule has 0 bridgehead atoms. The predicted octanol–water partition coefficient (Wildman–Crippen LogP) is 3.03. The predicted molar refractivity (Wildman–Crippen MR) is 82.6 cm³/mol. The molecule has 1 aliphatic carbocycles. The van der Waals surface area contributed by atoms with Crippen molar-refractivity contribution < 1.29 is 4.79 Å². The molecule has 3 nitrogen and oxygen atoms in total. The van der Waals surface area contributed by atoms with Crippen LogP contribution in [0.5, 0.6) is 0 Å². The Labute approximate surface area is 125 Å². The van der Waals surface area contributed by atoms with E-state index in [2.05, 4.69) is 47.7 Å². The smallest absolute Gasteiger partial charge is 0.241 e. The average molecular weight is 290 g/mol. The maximum atomic E-state index is 12.4. The molecule has 1 amide bonds. The van der Waals surface area contributed by atoms with E-state index in [4.69, 9.17) is 0 Å². The van der Waals surface area contributed by atoms with Gasteiger partial charge >= 0.3 is 0 Å². The molecule has 0 spiro atoms. The van der Waals surface area contributed by atoms with Gasteiger partial charge < -0.3 is 4.90 Å². The Morgan fingerprint density at radius 3 is 2.50 bits per heavy atom. The highest BCUT2D eigenvalue weighted by Gasteiger charge is 2.44. The fraction of sp³-hybridized carbons (Fsp3) is 0.562. The number of rotatable bonds is 4. The Hall–Kier alpha value is -1.00. The minimum absolute atomic E-state index is 0.0315. The molecule has 1 heterocycles. The van der Waals surface area contributed by atoms with Crippen molar-refractivity contribution in [2.75, 3.05) is 6.26 Å². The molecular formula is C16H22N2OS. The first-order valence-electron chi connectivity index (χ1n) is 7.34. The SMILES string of the molecule is CSc1ccc(C2NC(C)C(=O)N2C(C)C2CC2)cc1. The molecule has 2 aliphatic rings. The average Bonchev–Trinajstić information content (AvgIpc) is 3.26. The Morgan fingerprint density at radius 1 is 1.30 bits per heavy atom. The molecule has 1 saturated heterocycles. The van der Waals surface area contributed by atoms with E-state index in [-0.39, 0.29) is 18.1 Å². The van der Waals surface area contributed by atoms with Gasteiger partial charge in [0, 0.05) is 10.9 Å². The third-order valence-electron chi connectivity index (χ3n) is 4.49. The van der Waals surface area contributed by atoms with Crippen LogP contribution in [0.15, 0.2) is 29.2 Å². The van der Waals surface area contributed by atoms with Crippen molar-refractivity contribution in [2.45, 2.75) is 49.8 Å². The van der Waals surface area contributed by atoms with Gasteiger partial charge in [-0.2, -0.15) is 0 Å². The van der Waals surface area contributed by atoms with Crippen LogP contribution in [0.2, 0.25) is 0 Å². The second kappa shape index (κ2) is 5.41. The van der Waals surface area contributed by atoms with Crippen LogP contribution in [0.25, 0.3) is 0 Å². The zero-order valence-corrected chi connectivity index (χ0v) is 13.1. The quantitative estimate of drug-likeness (QED) is 0.865. The van der Waals surface area contributed by atoms with Crippen LogP contribution in [0.4, 0.5) is 0 Å². The highest BCUT2D eigenvalue weighted by molar-refractivity contribution is 7.98. The van der Waals surface area contributed by atoms with E-state index in [1.807, 2.05) is 6.92 Å². The van der Waals surface area contributed by atoms with Crippen molar-refractivity contribution in [3.63, 3.8) is 0 Å². The van der Waals surface area contributed by atoms with Crippen LogP contribution in [-0.2, 0) is 4.79 Å². The maximum absolute atomic E-state index is 12.4. The van der Waals surface area contributed by atoms with Crippen molar-refractivity contribution >= 4 is 17.7 Å². The molecule has 1 N–H and O–H groups in total. The van der Waals surface area contributed by atoms with Gasteiger partial charge in [0.15, 0.2) is 0 Å². The molecule has 0 aromatic heterocycles. The zero-order chi connectivity index (χ0) is 14.3. The molecule has 108 valence electrons. The summed E-state index contributed by atoms with van der Waals surface area (Å²) < 4.78 is 0. The van der Waals surface area contributed by atoms with Gasteiger partial charge in [-0.05, 0) is 56.6 Å². The Bertz CT molecular complexity index is 498. The summed E-state index contributed by atoms with van der Waals surface area (Å²) in [5.41, 5.74) is 1.19. The molecule has 1 aromatic carbocycles. The second-order valence-corrected chi connectivity index (χ2v) is 6.77. The first kappa shape index (κ1) is 14.0. The van der Waals surface area contributed by atoms with Crippen LogP contribution in [0.1, 0.15) is 38.4 Å². The largest absolute Gasteiger partial charge is 0.319 e. The molecule has 3 atom stereocenters. The van der Waals surface area contributed by atoms with E-state index in [1.165, 1.54) is 23.3 Å². The van der Waals surface area contributed by atoms with Gasteiger partial charge in [-0.25, -0.2) is 0 Å². The summed E-state index contributed by atoms with van der Waals surface area (Å²) in [6.07, 6.45) is 4.63. The van der Waals surface area contributed by atoms with E-state index >= 15 is 0 Å². The van der Waals surface area contributed by atoms with Crippen LogP contribution < -0.4 is 5.32 Å². The van der Waals surface area contributed by atoms with Gasteiger partial charge in [-0.1, -0.05) is 12.1 Å². The minimum Gasteiger partial charge on any atom is -0.319 e. The number of amides is 1. The van der Waals surface area contributed by atoms with E-state index in [1.54, 1.807) is 11.8 Å². The van der Waals surface area contributed by atoms with Crippen LogP contribution in [-0.4, -0.2) is 29.1 Å². The molecule has 3 rings (SSSR count). The topological polar surface area (TPSA) is 32.3 Å². The lowest BCUT2D eigenvalue weighted by molar-refractivity contribution is -0.132. The molecule has 1 saturated carbocycles. The minimum atomic E-state index is -0.0820. The first-order chi connectivity index (χ1) is 9.61. The van der Waals surface area contributed by atoms with Gasteiger partial charge in [-0.15, -0.1) is 11.8 Å². The van der Waals surface area contributed by atoms with E-state index in [9.17, 15) is 4.79 Å². The highest BCUT2D eigenvalue weighted by Crippen LogP contribution is 2.39. The standard InChI is InChI=1S/C16H22N2OS/c1-10-16(19)18(11(2)12-4-5-12)15(17-10)13-6-8-14(20-3)9-7-13/h6-12,15,17H,4-5H2,1-3H3. The van der Waals surface area contributed by atoms with Crippen LogP contribution >= 0.6 is 11.8 Å². The summed E-state index contributed by atoms with van der Waals surface area (Å²) in [7, 11) is 0. The number of carbonyl (C=O) groups is 1. The van der Waals surface area contributed by atoms with Gasteiger partial charge in [0.25, 0.3) is 0 Å². The normalized spacial score (nSPS) is 27.9. The molecule has 3 unspecified atom stereocenters. The van der Waals surface area contributed by atoms with E-state index < -0.39 is 0 Å². The Balaban J connectivity index is 1.86. The van der Waals surface area contributed by atoms with E-state index in [0.29, 0.717) is 12.0 Å². The lowest BCUT2D eigenvalue weighted by atomic mass is 10.1. The molecular weight excluding hydrogens is 268 g/mol. The summed E-state index contributed by atoms with van der Waals surface area (Å²) in [6, 6.07) is 8.80. The molecule has 1 aromatic rings. The monoisotopic (exact) mass is 290 g/mol. The summed E-state index contributed by atoms with van der Waals surface area (Å²) in [5.74, 6) is 0.933. The number of carbonyl (C=O) groups excluding carboxylic acids is 1. The van der Waals surface area contributed by atoms with Crippen molar-refractivity contribution in [3.05, 3.63) is 29.8 Å². The number of hydrogen-bond acceptors (Lipinski definition) is 3. The molecule has 2 fully saturated rings. The fourth-order valence-electron chi connectivity index (χ4n) is 3.02. The van der Waals surface area contributed by atoms with Crippen LogP contribution in [0, 0.1) is 5.92 Å². The number of nitrogens with zero attached hydrogens (tertiary/aromatic N) is 1. The third kappa shape index (κ3) is 2.47.